The first-order chi connectivity index (χ1) is 11.9. The fourth-order valence-corrected chi connectivity index (χ4v) is 3.64. The zero-order valence-corrected chi connectivity index (χ0v) is 15.3. The Bertz CT molecular complexity index is 987. The van der Waals surface area contributed by atoms with Gasteiger partial charge in [-0.25, -0.2) is 4.98 Å². The maximum atomic E-state index is 12.7. The van der Waals surface area contributed by atoms with E-state index < -0.39 is 0 Å². The van der Waals surface area contributed by atoms with Crippen molar-refractivity contribution in [2.45, 2.75) is 26.8 Å². The Balaban J connectivity index is 2.00. The SMILES string of the molecule is COc1ccc(NC(=O)c2c(C)sc3c(=O)n(C(C)C)cnc23)cc1. The van der Waals surface area contributed by atoms with E-state index in [4.69, 9.17) is 4.74 Å². The van der Waals surface area contributed by atoms with Gasteiger partial charge in [0.2, 0.25) is 0 Å². The molecule has 1 amide bonds. The quantitative estimate of drug-likeness (QED) is 0.774. The average molecular weight is 357 g/mol. The van der Waals surface area contributed by atoms with Crippen LogP contribution in [0.4, 0.5) is 5.69 Å². The third-order valence-electron chi connectivity index (χ3n) is 3.93. The lowest BCUT2D eigenvalue weighted by Gasteiger charge is -2.09. The van der Waals surface area contributed by atoms with Crippen LogP contribution in [0.1, 0.15) is 35.1 Å². The Labute approximate surface area is 149 Å². The van der Waals surface area contributed by atoms with Crippen molar-refractivity contribution in [2.75, 3.05) is 12.4 Å². The number of carbonyl (C=O) groups excluding carboxylic acids is 1. The lowest BCUT2D eigenvalue weighted by Crippen LogP contribution is -2.22. The van der Waals surface area contributed by atoms with E-state index in [9.17, 15) is 9.59 Å². The van der Waals surface area contributed by atoms with E-state index in [1.807, 2.05) is 20.8 Å². The number of hydrogen-bond acceptors (Lipinski definition) is 5. The van der Waals surface area contributed by atoms with Gasteiger partial charge in [-0.2, -0.15) is 0 Å². The van der Waals surface area contributed by atoms with Crippen LogP contribution in [-0.4, -0.2) is 22.6 Å². The lowest BCUT2D eigenvalue weighted by molar-refractivity contribution is 0.102. The third-order valence-corrected chi connectivity index (χ3v) is 5.01. The van der Waals surface area contributed by atoms with Gasteiger partial charge in [0.05, 0.1) is 19.0 Å². The molecule has 3 aromatic rings. The molecule has 2 aromatic heterocycles. The highest BCUT2D eigenvalue weighted by molar-refractivity contribution is 7.19. The molecule has 0 fully saturated rings. The largest absolute Gasteiger partial charge is 0.497 e. The second-order valence-electron chi connectivity index (χ2n) is 5.94. The molecule has 1 aromatic carbocycles. The van der Waals surface area contributed by atoms with Gasteiger partial charge in [0.1, 0.15) is 16.0 Å². The molecule has 130 valence electrons. The first-order valence-electron chi connectivity index (χ1n) is 7.88. The standard InChI is InChI=1S/C18H19N3O3S/c1-10(2)21-9-19-15-14(11(3)25-16(15)18(21)23)17(22)20-12-5-7-13(24-4)8-6-12/h5-10H,1-4H3,(H,20,22). The van der Waals surface area contributed by atoms with Gasteiger partial charge < -0.3 is 10.1 Å². The Morgan fingerprint density at radius 2 is 1.96 bits per heavy atom. The molecule has 0 unspecified atom stereocenters. The van der Waals surface area contributed by atoms with Crippen molar-refractivity contribution in [3.8, 4) is 5.75 Å². The Hall–Kier alpha value is -2.67. The van der Waals surface area contributed by atoms with Crippen LogP contribution in [0.3, 0.4) is 0 Å². The summed E-state index contributed by atoms with van der Waals surface area (Å²) >= 11 is 1.31. The molecule has 6 nitrogen and oxygen atoms in total. The first kappa shape index (κ1) is 17.2. The first-order valence-corrected chi connectivity index (χ1v) is 8.69. The maximum absolute atomic E-state index is 12.7. The van der Waals surface area contributed by atoms with Crippen molar-refractivity contribution in [2.24, 2.45) is 0 Å². The molecular weight excluding hydrogens is 338 g/mol. The predicted octanol–water partition coefficient (Wildman–Crippen LogP) is 3.61. The summed E-state index contributed by atoms with van der Waals surface area (Å²) < 4.78 is 7.19. The van der Waals surface area contributed by atoms with Crippen molar-refractivity contribution < 1.29 is 9.53 Å². The van der Waals surface area contributed by atoms with Gasteiger partial charge in [0, 0.05) is 16.6 Å². The molecule has 0 saturated carbocycles. The van der Waals surface area contributed by atoms with Crippen molar-refractivity contribution in [1.82, 2.24) is 9.55 Å². The van der Waals surface area contributed by atoms with Crippen molar-refractivity contribution in [3.05, 3.63) is 51.4 Å². The van der Waals surface area contributed by atoms with Gasteiger partial charge in [-0.3, -0.25) is 14.2 Å². The number of rotatable bonds is 4. The number of aryl methyl sites for hydroxylation is 1. The van der Waals surface area contributed by atoms with E-state index in [0.29, 0.717) is 27.2 Å². The zero-order chi connectivity index (χ0) is 18.1. The Morgan fingerprint density at radius 1 is 1.28 bits per heavy atom. The van der Waals surface area contributed by atoms with E-state index >= 15 is 0 Å². The number of amides is 1. The lowest BCUT2D eigenvalue weighted by atomic mass is 10.2. The van der Waals surface area contributed by atoms with Gasteiger partial charge >= 0.3 is 0 Å². The summed E-state index contributed by atoms with van der Waals surface area (Å²) in [6.45, 7) is 5.67. The Kier molecular flexibility index (Phi) is 4.59. The van der Waals surface area contributed by atoms with Crippen LogP contribution >= 0.6 is 11.3 Å². The van der Waals surface area contributed by atoms with E-state index in [1.165, 1.54) is 17.7 Å². The number of benzene rings is 1. The number of aromatic nitrogens is 2. The fourth-order valence-electron chi connectivity index (χ4n) is 2.59. The van der Waals surface area contributed by atoms with Crippen LogP contribution in [0.5, 0.6) is 5.75 Å². The highest BCUT2D eigenvalue weighted by Gasteiger charge is 2.21. The second-order valence-corrected chi connectivity index (χ2v) is 7.17. The highest BCUT2D eigenvalue weighted by atomic mass is 32.1. The van der Waals surface area contributed by atoms with Crippen molar-refractivity contribution in [3.63, 3.8) is 0 Å². The number of nitrogens with one attached hydrogen (secondary N) is 1. The van der Waals surface area contributed by atoms with Crippen LogP contribution in [0.15, 0.2) is 35.4 Å². The van der Waals surface area contributed by atoms with Gasteiger partial charge in [0.25, 0.3) is 11.5 Å². The molecule has 0 aliphatic heterocycles. The molecule has 0 saturated heterocycles. The minimum atomic E-state index is -0.275. The molecule has 1 N–H and O–H groups in total. The molecule has 0 bridgehead atoms. The van der Waals surface area contributed by atoms with Gasteiger partial charge in [0.15, 0.2) is 0 Å². The molecule has 7 heteroatoms. The van der Waals surface area contributed by atoms with Crippen molar-refractivity contribution in [1.29, 1.82) is 0 Å². The topological polar surface area (TPSA) is 73.2 Å². The number of methoxy groups -OCH3 is 1. The summed E-state index contributed by atoms with van der Waals surface area (Å²) in [5, 5.41) is 2.85. The van der Waals surface area contributed by atoms with E-state index in [0.717, 1.165) is 4.88 Å². The highest BCUT2D eigenvalue weighted by Crippen LogP contribution is 2.28. The molecule has 0 aliphatic carbocycles. The molecule has 0 atom stereocenters. The molecule has 3 rings (SSSR count). The number of carbonyl (C=O) groups is 1. The zero-order valence-electron chi connectivity index (χ0n) is 14.5. The average Bonchev–Trinajstić information content (AvgIpc) is 2.92. The smallest absolute Gasteiger partial charge is 0.271 e. The van der Waals surface area contributed by atoms with Crippen LogP contribution in [-0.2, 0) is 0 Å². The Morgan fingerprint density at radius 3 is 2.56 bits per heavy atom. The second kappa shape index (κ2) is 6.68. The molecule has 0 aliphatic rings. The molecule has 25 heavy (non-hydrogen) atoms. The summed E-state index contributed by atoms with van der Waals surface area (Å²) in [6, 6.07) is 7.09. The van der Waals surface area contributed by atoms with Crippen LogP contribution in [0.2, 0.25) is 0 Å². The molecular formula is C18H19N3O3S. The van der Waals surface area contributed by atoms with E-state index in [2.05, 4.69) is 10.3 Å². The molecule has 0 radical (unpaired) electrons. The number of nitrogens with zero attached hydrogens (tertiary/aromatic N) is 2. The van der Waals surface area contributed by atoms with E-state index in [1.54, 1.807) is 35.9 Å². The summed E-state index contributed by atoms with van der Waals surface area (Å²) in [5.74, 6) is 0.439. The summed E-state index contributed by atoms with van der Waals surface area (Å²) in [4.78, 5) is 30.4. The number of anilines is 1. The summed E-state index contributed by atoms with van der Waals surface area (Å²) in [7, 11) is 1.59. The minimum absolute atomic E-state index is 0.0170. The predicted molar refractivity (Wildman–Crippen MR) is 99.9 cm³/mol. The van der Waals surface area contributed by atoms with Gasteiger partial charge in [-0.05, 0) is 45.0 Å². The van der Waals surface area contributed by atoms with Crippen LogP contribution < -0.4 is 15.6 Å². The van der Waals surface area contributed by atoms with Gasteiger partial charge in [-0.1, -0.05) is 0 Å². The normalized spacial score (nSPS) is 11.1. The summed E-state index contributed by atoms with van der Waals surface area (Å²) in [6.07, 6.45) is 1.51. The third kappa shape index (κ3) is 3.15. The summed E-state index contributed by atoms with van der Waals surface area (Å²) in [5.41, 5.74) is 1.44. The number of fused-ring (bicyclic) bond motifs is 1. The number of hydrogen-bond donors (Lipinski definition) is 1. The van der Waals surface area contributed by atoms with Crippen LogP contribution in [0, 0.1) is 6.92 Å². The van der Waals surface area contributed by atoms with Crippen LogP contribution in [0.25, 0.3) is 10.2 Å². The number of ether oxygens (including phenoxy) is 1. The molecule has 2 heterocycles. The monoisotopic (exact) mass is 357 g/mol. The number of thiophene rings is 1. The fraction of sp³-hybridized carbons (Fsp3) is 0.278. The minimum Gasteiger partial charge on any atom is -0.497 e. The molecule has 0 spiro atoms. The maximum Gasteiger partial charge on any atom is 0.271 e. The van der Waals surface area contributed by atoms with Gasteiger partial charge in [-0.15, -0.1) is 11.3 Å². The van der Waals surface area contributed by atoms with Crippen molar-refractivity contribution >= 4 is 33.1 Å². The van der Waals surface area contributed by atoms with E-state index in [-0.39, 0.29) is 17.5 Å².